The van der Waals surface area contributed by atoms with E-state index in [9.17, 15) is 34.9 Å². The van der Waals surface area contributed by atoms with Crippen molar-refractivity contribution in [1.29, 1.82) is 0 Å². The second-order valence-electron chi connectivity index (χ2n) is 6.95. The van der Waals surface area contributed by atoms with Crippen LogP contribution in [0, 0.1) is 26.1 Å². The van der Waals surface area contributed by atoms with Gasteiger partial charge < -0.3 is 20.5 Å². The van der Waals surface area contributed by atoms with E-state index >= 15 is 0 Å². The van der Waals surface area contributed by atoms with Gasteiger partial charge in [0.2, 0.25) is 5.91 Å². The second-order valence-corrected chi connectivity index (χ2v) is 6.95. The van der Waals surface area contributed by atoms with Crippen LogP contribution < -0.4 is 10.6 Å². The van der Waals surface area contributed by atoms with Crippen LogP contribution in [0.1, 0.15) is 33.1 Å². The molecule has 0 aromatic heterocycles. The molecule has 12 heteroatoms. The number of hydrogen-bond acceptors (Lipinski definition) is 8. The highest BCUT2D eigenvalue weighted by Gasteiger charge is 2.23. The largest absolute Gasteiger partial charge is 0.480 e. The van der Waals surface area contributed by atoms with Crippen LogP contribution >= 0.6 is 0 Å². The average Bonchev–Trinajstić information content (AvgIpc) is 2.66. The number of non-ortho nitro benzene ring substituents is 1. The van der Waals surface area contributed by atoms with Gasteiger partial charge in [-0.15, -0.1) is 0 Å². The van der Waals surface area contributed by atoms with E-state index in [1.807, 2.05) is 0 Å². The number of nitro groups is 2. The van der Waals surface area contributed by atoms with Crippen molar-refractivity contribution in [2.24, 2.45) is 5.92 Å². The Morgan fingerprint density at radius 2 is 1.87 bits per heavy atom. The average molecular weight is 426 g/mol. The summed E-state index contributed by atoms with van der Waals surface area (Å²) < 4.78 is 5.34. The molecule has 0 heterocycles. The van der Waals surface area contributed by atoms with E-state index in [0.717, 1.165) is 31.0 Å². The molecule has 0 radical (unpaired) electrons. The van der Waals surface area contributed by atoms with Crippen molar-refractivity contribution >= 4 is 28.9 Å². The van der Waals surface area contributed by atoms with E-state index in [1.165, 1.54) is 0 Å². The van der Waals surface area contributed by atoms with Gasteiger partial charge in [0.25, 0.3) is 11.4 Å². The highest BCUT2D eigenvalue weighted by atomic mass is 16.6. The molecule has 0 spiro atoms. The Balaban J connectivity index is 2.58. The molecule has 0 saturated carbocycles. The first-order valence-electron chi connectivity index (χ1n) is 9.38. The Kier molecular flexibility index (Phi) is 10.2. The van der Waals surface area contributed by atoms with E-state index in [1.54, 1.807) is 0 Å². The highest BCUT2D eigenvalue weighted by Crippen LogP contribution is 2.28. The first-order valence-corrected chi connectivity index (χ1v) is 9.38. The van der Waals surface area contributed by atoms with Crippen molar-refractivity contribution in [3.8, 4) is 0 Å². The van der Waals surface area contributed by atoms with E-state index in [4.69, 9.17) is 4.74 Å². The molecule has 1 aromatic rings. The van der Waals surface area contributed by atoms with Gasteiger partial charge >= 0.3 is 5.97 Å². The zero-order valence-corrected chi connectivity index (χ0v) is 16.8. The summed E-state index contributed by atoms with van der Waals surface area (Å²) >= 11 is 0. The van der Waals surface area contributed by atoms with Crippen LogP contribution in [-0.2, 0) is 14.3 Å². The maximum absolute atomic E-state index is 11.9. The van der Waals surface area contributed by atoms with Crippen molar-refractivity contribution in [3.05, 3.63) is 38.4 Å². The molecule has 0 bridgehead atoms. The number of carbonyl (C=O) groups is 2. The third kappa shape index (κ3) is 8.82. The molecule has 12 nitrogen and oxygen atoms in total. The molecule has 166 valence electrons. The van der Waals surface area contributed by atoms with Crippen LogP contribution in [0.2, 0.25) is 0 Å². The minimum atomic E-state index is -1.35. The van der Waals surface area contributed by atoms with E-state index in [0.29, 0.717) is 12.5 Å². The van der Waals surface area contributed by atoms with Crippen molar-refractivity contribution in [2.75, 3.05) is 25.1 Å². The normalized spacial score (nSPS) is 11.7. The third-order valence-electron chi connectivity index (χ3n) is 4.06. The molecule has 1 amide bonds. The molecule has 0 aliphatic carbocycles. The van der Waals surface area contributed by atoms with Gasteiger partial charge in [-0.3, -0.25) is 25.0 Å². The van der Waals surface area contributed by atoms with Gasteiger partial charge in [0.05, 0.1) is 22.5 Å². The number of nitrogens with one attached hydrogen (secondary N) is 2. The van der Waals surface area contributed by atoms with Gasteiger partial charge in [-0.2, -0.15) is 0 Å². The van der Waals surface area contributed by atoms with Crippen molar-refractivity contribution in [1.82, 2.24) is 5.32 Å². The zero-order chi connectivity index (χ0) is 22.7. The molecule has 0 aliphatic heterocycles. The van der Waals surface area contributed by atoms with E-state index in [-0.39, 0.29) is 25.3 Å². The lowest BCUT2D eigenvalue weighted by Gasteiger charge is -2.16. The number of anilines is 1. The SMILES string of the molecule is CC(C)CCCOCCC(=O)N[C@@H](CNc1ccc([N+](=O)[O-])cc1[N+](=O)[O-])C(=O)O. The van der Waals surface area contributed by atoms with Gasteiger partial charge in [0.15, 0.2) is 0 Å². The summed E-state index contributed by atoms with van der Waals surface area (Å²) in [6.07, 6.45) is 1.85. The number of nitro benzene ring substituents is 2. The number of hydrogen-bond donors (Lipinski definition) is 3. The Hall–Kier alpha value is -3.28. The van der Waals surface area contributed by atoms with Gasteiger partial charge in [0.1, 0.15) is 11.7 Å². The Labute approximate surface area is 172 Å². The number of rotatable bonds is 14. The summed E-state index contributed by atoms with van der Waals surface area (Å²) in [5, 5.41) is 36.0. The quantitative estimate of drug-likeness (QED) is 0.229. The number of carboxylic acid groups (broad SMARTS) is 1. The maximum Gasteiger partial charge on any atom is 0.328 e. The number of nitrogens with zero attached hydrogens (tertiary/aromatic N) is 2. The van der Waals surface area contributed by atoms with Crippen LogP contribution in [0.5, 0.6) is 0 Å². The summed E-state index contributed by atoms with van der Waals surface area (Å²) in [5.41, 5.74) is -1.14. The van der Waals surface area contributed by atoms with Gasteiger partial charge in [0, 0.05) is 25.6 Å². The summed E-state index contributed by atoms with van der Waals surface area (Å²) in [7, 11) is 0. The van der Waals surface area contributed by atoms with Crippen LogP contribution in [0.25, 0.3) is 0 Å². The molecule has 1 aromatic carbocycles. The minimum Gasteiger partial charge on any atom is -0.480 e. The fraction of sp³-hybridized carbons (Fsp3) is 0.556. The summed E-state index contributed by atoms with van der Waals surface area (Å²) in [6, 6.07) is 1.59. The predicted octanol–water partition coefficient (Wildman–Crippen LogP) is 2.33. The molecule has 0 fully saturated rings. The standard InChI is InChI=1S/C18H26N4O8/c1-12(2)4-3-8-30-9-7-17(23)20-15(18(24)25)11-19-14-6-5-13(21(26)27)10-16(14)22(28)29/h5-6,10,12,15,19H,3-4,7-9,11H2,1-2H3,(H,20,23)(H,24,25)/t15-/m0/s1. The fourth-order valence-electron chi connectivity index (χ4n) is 2.47. The lowest BCUT2D eigenvalue weighted by Crippen LogP contribution is -2.45. The number of amides is 1. The molecule has 1 atom stereocenters. The fourth-order valence-corrected chi connectivity index (χ4v) is 2.47. The Morgan fingerprint density at radius 1 is 1.17 bits per heavy atom. The third-order valence-corrected chi connectivity index (χ3v) is 4.06. The smallest absolute Gasteiger partial charge is 0.328 e. The van der Waals surface area contributed by atoms with Crippen LogP contribution in [0.4, 0.5) is 17.1 Å². The highest BCUT2D eigenvalue weighted by molar-refractivity contribution is 5.84. The molecular weight excluding hydrogens is 400 g/mol. The maximum atomic E-state index is 11.9. The first kappa shape index (κ1) is 24.8. The predicted molar refractivity (Wildman–Crippen MR) is 107 cm³/mol. The Bertz CT molecular complexity index is 769. The zero-order valence-electron chi connectivity index (χ0n) is 16.8. The monoisotopic (exact) mass is 426 g/mol. The molecule has 3 N–H and O–H groups in total. The topological polar surface area (TPSA) is 174 Å². The molecule has 30 heavy (non-hydrogen) atoms. The summed E-state index contributed by atoms with van der Waals surface area (Å²) in [6.45, 7) is 4.50. The van der Waals surface area contributed by atoms with Crippen molar-refractivity contribution in [2.45, 2.75) is 39.2 Å². The van der Waals surface area contributed by atoms with Gasteiger partial charge in [-0.05, 0) is 24.8 Å². The molecule has 1 rings (SSSR count). The molecular formula is C18H26N4O8. The van der Waals surface area contributed by atoms with E-state index < -0.39 is 39.1 Å². The first-order chi connectivity index (χ1) is 14.1. The number of carboxylic acids is 1. The molecule has 0 saturated heterocycles. The van der Waals surface area contributed by atoms with Crippen molar-refractivity contribution < 1.29 is 29.3 Å². The lowest BCUT2D eigenvalue weighted by atomic mass is 10.1. The van der Waals surface area contributed by atoms with Gasteiger partial charge in [-0.1, -0.05) is 13.8 Å². The molecule has 0 unspecified atom stereocenters. The van der Waals surface area contributed by atoms with Crippen LogP contribution in [0.3, 0.4) is 0 Å². The lowest BCUT2D eigenvalue weighted by molar-refractivity contribution is -0.393. The van der Waals surface area contributed by atoms with Crippen molar-refractivity contribution in [3.63, 3.8) is 0 Å². The van der Waals surface area contributed by atoms with Crippen LogP contribution in [0.15, 0.2) is 18.2 Å². The van der Waals surface area contributed by atoms with Gasteiger partial charge in [-0.25, -0.2) is 4.79 Å². The Morgan fingerprint density at radius 3 is 2.43 bits per heavy atom. The number of benzene rings is 1. The summed E-state index contributed by atoms with van der Waals surface area (Å²) in [5.74, 6) is -1.31. The minimum absolute atomic E-state index is 0.0247. The van der Waals surface area contributed by atoms with E-state index in [2.05, 4.69) is 24.5 Å². The second kappa shape index (κ2) is 12.3. The molecule has 0 aliphatic rings. The van der Waals surface area contributed by atoms with Crippen LogP contribution in [-0.4, -0.2) is 52.6 Å². The number of carbonyl (C=O) groups excluding carboxylic acids is 1. The number of aliphatic carboxylic acids is 1. The summed E-state index contributed by atoms with van der Waals surface area (Å²) in [4.78, 5) is 43.6. The number of ether oxygens (including phenoxy) is 1.